The molecule has 0 aromatic rings. The highest BCUT2D eigenvalue weighted by molar-refractivity contribution is 5.79. The maximum Gasteiger partial charge on any atom is 0.236 e. The number of amides is 1. The zero-order valence-corrected chi connectivity index (χ0v) is 12.3. The van der Waals surface area contributed by atoms with Crippen LogP contribution in [0.1, 0.15) is 52.4 Å². The molecule has 0 aliphatic heterocycles. The summed E-state index contributed by atoms with van der Waals surface area (Å²) in [7, 11) is 0. The largest absolute Gasteiger partial charge is 0.394 e. The van der Waals surface area contributed by atoms with Crippen molar-refractivity contribution in [1.29, 1.82) is 0 Å². The molecule has 2 rings (SSSR count). The molecule has 4 heteroatoms. The number of likely N-dealkylation sites (N-methyl/N-ethyl adjacent to an activating group) is 1. The number of aliphatic hydroxyl groups is 1. The lowest BCUT2D eigenvalue weighted by Crippen LogP contribution is -2.54. The lowest BCUT2D eigenvalue weighted by Gasteiger charge is -2.40. The van der Waals surface area contributed by atoms with E-state index in [1.807, 2.05) is 11.8 Å². The van der Waals surface area contributed by atoms with E-state index in [4.69, 9.17) is 0 Å². The molecule has 2 fully saturated rings. The first-order valence-corrected chi connectivity index (χ1v) is 7.75. The number of hydrogen-bond donors (Lipinski definition) is 2. The Kier molecular flexibility index (Phi) is 4.85. The van der Waals surface area contributed by atoms with Crippen LogP contribution in [0.25, 0.3) is 0 Å². The van der Waals surface area contributed by atoms with Crippen LogP contribution in [0.4, 0.5) is 0 Å². The molecule has 1 amide bonds. The van der Waals surface area contributed by atoms with Crippen LogP contribution >= 0.6 is 0 Å². The van der Waals surface area contributed by atoms with E-state index in [0.29, 0.717) is 18.5 Å². The lowest BCUT2D eigenvalue weighted by atomic mass is 9.77. The van der Waals surface area contributed by atoms with Gasteiger partial charge in [-0.15, -0.1) is 0 Å². The quantitative estimate of drug-likeness (QED) is 0.768. The number of carbonyl (C=O) groups is 1. The molecule has 2 saturated carbocycles. The average Bonchev–Trinajstić information content (AvgIpc) is 3.22. The van der Waals surface area contributed by atoms with Gasteiger partial charge in [-0.05, 0) is 38.5 Å². The molecule has 0 bridgehead atoms. The monoisotopic (exact) mass is 268 g/mol. The van der Waals surface area contributed by atoms with Crippen molar-refractivity contribution in [3.63, 3.8) is 0 Å². The summed E-state index contributed by atoms with van der Waals surface area (Å²) in [5, 5.41) is 13.1. The van der Waals surface area contributed by atoms with Crippen molar-refractivity contribution in [2.45, 2.75) is 64.0 Å². The first-order valence-electron chi connectivity index (χ1n) is 7.75. The molecule has 0 aromatic carbocycles. The summed E-state index contributed by atoms with van der Waals surface area (Å²) in [6, 6.07) is 0.481. The van der Waals surface area contributed by atoms with Crippen molar-refractivity contribution in [1.82, 2.24) is 10.2 Å². The van der Waals surface area contributed by atoms with Gasteiger partial charge in [0.1, 0.15) is 0 Å². The summed E-state index contributed by atoms with van der Waals surface area (Å²) < 4.78 is 0. The van der Waals surface area contributed by atoms with Gasteiger partial charge in [0, 0.05) is 18.1 Å². The predicted octanol–water partition coefficient (Wildman–Crippen LogP) is 1.53. The van der Waals surface area contributed by atoms with Gasteiger partial charge in [-0.1, -0.05) is 19.8 Å². The molecule has 2 aliphatic rings. The van der Waals surface area contributed by atoms with Crippen molar-refractivity contribution in [3.05, 3.63) is 0 Å². The molecule has 2 N–H and O–H groups in total. The number of nitrogens with one attached hydrogen (secondary N) is 1. The number of hydrogen-bond acceptors (Lipinski definition) is 3. The topological polar surface area (TPSA) is 52.6 Å². The number of nitrogens with zero attached hydrogens (tertiary/aromatic N) is 1. The second kappa shape index (κ2) is 6.23. The first kappa shape index (κ1) is 14.8. The lowest BCUT2D eigenvalue weighted by molar-refractivity contribution is -0.131. The van der Waals surface area contributed by atoms with E-state index in [9.17, 15) is 9.90 Å². The second-order valence-electron chi connectivity index (χ2n) is 6.40. The van der Waals surface area contributed by atoms with E-state index in [1.165, 1.54) is 6.42 Å². The van der Waals surface area contributed by atoms with Crippen molar-refractivity contribution in [3.8, 4) is 0 Å². The number of aliphatic hydroxyl groups excluding tert-OH is 1. The summed E-state index contributed by atoms with van der Waals surface area (Å²) in [6.45, 7) is 5.59. The Hall–Kier alpha value is -0.610. The third-order valence-electron chi connectivity index (χ3n) is 4.66. The van der Waals surface area contributed by atoms with Gasteiger partial charge in [0.05, 0.1) is 13.2 Å². The van der Waals surface area contributed by atoms with Crippen molar-refractivity contribution < 1.29 is 9.90 Å². The molecule has 0 heterocycles. The second-order valence-corrected chi connectivity index (χ2v) is 6.40. The standard InChI is InChI=1S/C15H28N2O2/c1-3-17(13-6-7-13)14(19)10-16-15(11-18)8-4-5-12(2)9-15/h12-13,16,18H,3-11H2,1-2H3. The molecule has 110 valence electrons. The SMILES string of the molecule is CCN(C(=O)CNC1(CO)CCCC(C)C1)C1CC1. The normalized spacial score (nSPS) is 31.2. The zero-order chi connectivity index (χ0) is 13.9. The molecule has 4 nitrogen and oxygen atoms in total. The molecule has 2 unspecified atom stereocenters. The fraction of sp³-hybridized carbons (Fsp3) is 0.933. The predicted molar refractivity (Wildman–Crippen MR) is 75.9 cm³/mol. The Morgan fingerprint density at radius 2 is 2.16 bits per heavy atom. The Morgan fingerprint density at radius 3 is 2.68 bits per heavy atom. The summed E-state index contributed by atoms with van der Waals surface area (Å²) in [5.41, 5.74) is -0.226. The average molecular weight is 268 g/mol. The minimum absolute atomic E-state index is 0.139. The zero-order valence-electron chi connectivity index (χ0n) is 12.3. The van der Waals surface area contributed by atoms with E-state index >= 15 is 0 Å². The molecule has 0 aromatic heterocycles. The smallest absolute Gasteiger partial charge is 0.236 e. The summed E-state index contributed by atoms with van der Waals surface area (Å²) in [6.07, 6.45) is 6.65. The maximum atomic E-state index is 12.2. The molecule has 2 atom stereocenters. The maximum absolute atomic E-state index is 12.2. The highest BCUT2D eigenvalue weighted by Gasteiger charge is 2.36. The van der Waals surface area contributed by atoms with Crippen LogP contribution in [0, 0.1) is 5.92 Å². The van der Waals surface area contributed by atoms with Gasteiger partial charge in [0.2, 0.25) is 5.91 Å². The highest BCUT2D eigenvalue weighted by atomic mass is 16.3. The molecule has 0 radical (unpaired) electrons. The van der Waals surface area contributed by atoms with Crippen LogP contribution in [0.5, 0.6) is 0 Å². The molecule has 0 spiro atoms. The van der Waals surface area contributed by atoms with Crippen LogP contribution in [0.15, 0.2) is 0 Å². The van der Waals surface area contributed by atoms with Gasteiger partial charge in [-0.25, -0.2) is 0 Å². The van der Waals surface area contributed by atoms with Crippen LogP contribution in [-0.2, 0) is 4.79 Å². The van der Waals surface area contributed by atoms with Crippen molar-refractivity contribution in [2.24, 2.45) is 5.92 Å². The van der Waals surface area contributed by atoms with Gasteiger partial charge in [0.25, 0.3) is 0 Å². The third kappa shape index (κ3) is 3.69. The molecular weight excluding hydrogens is 240 g/mol. The molecule has 0 saturated heterocycles. The first-order chi connectivity index (χ1) is 9.10. The third-order valence-corrected chi connectivity index (χ3v) is 4.66. The Bertz CT molecular complexity index is 317. The Labute approximate surface area is 116 Å². The van der Waals surface area contributed by atoms with Gasteiger partial charge >= 0.3 is 0 Å². The number of carbonyl (C=O) groups excluding carboxylic acids is 1. The van der Waals surface area contributed by atoms with Crippen LogP contribution in [0.3, 0.4) is 0 Å². The van der Waals surface area contributed by atoms with E-state index in [2.05, 4.69) is 12.2 Å². The van der Waals surface area contributed by atoms with Crippen molar-refractivity contribution >= 4 is 5.91 Å². The fourth-order valence-corrected chi connectivity index (χ4v) is 3.41. The molecular formula is C15H28N2O2. The van der Waals surface area contributed by atoms with Gasteiger partial charge < -0.3 is 15.3 Å². The summed E-state index contributed by atoms with van der Waals surface area (Å²) in [4.78, 5) is 14.2. The van der Waals surface area contributed by atoms with E-state index in [0.717, 1.165) is 38.6 Å². The van der Waals surface area contributed by atoms with Gasteiger partial charge in [-0.2, -0.15) is 0 Å². The minimum Gasteiger partial charge on any atom is -0.394 e. The fourth-order valence-electron chi connectivity index (χ4n) is 3.41. The Morgan fingerprint density at radius 1 is 1.42 bits per heavy atom. The van der Waals surface area contributed by atoms with Gasteiger partial charge in [0.15, 0.2) is 0 Å². The van der Waals surface area contributed by atoms with Crippen LogP contribution < -0.4 is 5.32 Å². The van der Waals surface area contributed by atoms with E-state index in [1.54, 1.807) is 0 Å². The van der Waals surface area contributed by atoms with Gasteiger partial charge in [-0.3, -0.25) is 4.79 Å². The van der Waals surface area contributed by atoms with Crippen LogP contribution in [0.2, 0.25) is 0 Å². The Balaban J connectivity index is 1.86. The van der Waals surface area contributed by atoms with E-state index in [-0.39, 0.29) is 18.1 Å². The summed E-state index contributed by atoms with van der Waals surface area (Å²) >= 11 is 0. The molecule has 2 aliphatic carbocycles. The highest BCUT2D eigenvalue weighted by Crippen LogP contribution is 2.32. The van der Waals surface area contributed by atoms with E-state index < -0.39 is 0 Å². The molecule has 19 heavy (non-hydrogen) atoms. The minimum atomic E-state index is -0.226. The van der Waals surface area contributed by atoms with Crippen molar-refractivity contribution in [2.75, 3.05) is 19.7 Å². The number of rotatable bonds is 6. The summed E-state index contributed by atoms with van der Waals surface area (Å²) in [5.74, 6) is 0.824. The van der Waals surface area contributed by atoms with Crippen LogP contribution in [-0.4, -0.2) is 47.2 Å².